The molecule has 7 heteroatoms. The molecule has 1 unspecified atom stereocenters. The molecule has 24 heavy (non-hydrogen) atoms. The van der Waals surface area contributed by atoms with Crippen LogP contribution in [-0.4, -0.2) is 35.4 Å². The molecule has 1 aromatic heterocycles. The largest absolute Gasteiger partial charge is 0.466 e. The van der Waals surface area contributed by atoms with Crippen molar-refractivity contribution in [3.63, 3.8) is 0 Å². The van der Waals surface area contributed by atoms with Crippen LogP contribution in [0.3, 0.4) is 0 Å². The molecule has 0 amide bonds. The Bertz CT molecular complexity index is 741. The number of hydrogen-bond acceptors (Lipinski definition) is 5. The molecule has 0 radical (unpaired) electrons. The topological polar surface area (TPSA) is 61.7 Å². The van der Waals surface area contributed by atoms with Gasteiger partial charge < -0.3 is 14.1 Å². The van der Waals surface area contributed by atoms with Crippen molar-refractivity contribution in [1.29, 1.82) is 0 Å². The summed E-state index contributed by atoms with van der Waals surface area (Å²) in [5, 5.41) is 4.49. The van der Waals surface area contributed by atoms with Crippen LogP contribution in [0.1, 0.15) is 19.8 Å². The van der Waals surface area contributed by atoms with Gasteiger partial charge in [0.2, 0.25) is 5.89 Å². The summed E-state index contributed by atoms with van der Waals surface area (Å²) in [6, 6.07) is 9.70. The van der Waals surface area contributed by atoms with Gasteiger partial charge in [0.25, 0.3) is 4.84 Å². The molecular weight excluding hydrogens is 326 g/mol. The van der Waals surface area contributed by atoms with Crippen molar-refractivity contribution in [2.75, 3.05) is 19.7 Å². The number of likely N-dealkylation sites (tertiary alicyclic amines) is 1. The highest BCUT2D eigenvalue weighted by Crippen LogP contribution is 2.16. The summed E-state index contributed by atoms with van der Waals surface area (Å²) in [5.41, 5.74) is 0.903. The number of rotatable bonds is 5. The maximum atomic E-state index is 12.0. The van der Waals surface area contributed by atoms with E-state index in [9.17, 15) is 4.79 Å². The number of nitrogens with zero attached hydrogens (tertiary/aromatic N) is 2. The average Bonchev–Trinajstić information content (AvgIpc) is 2.97. The zero-order chi connectivity index (χ0) is 16.9. The van der Waals surface area contributed by atoms with E-state index in [-0.39, 0.29) is 11.9 Å². The van der Waals surface area contributed by atoms with Crippen LogP contribution in [0, 0.1) is 10.8 Å². The van der Waals surface area contributed by atoms with Crippen molar-refractivity contribution in [3.05, 3.63) is 35.2 Å². The van der Waals surface area contributed by atoms with Crippen molar-refractivity contribution < 1.29 is 18.8 Å². The number of nitrogens with one attached hydrogen (secondary N) is 1. The van der Waals surface area contributed by atoms with E-state index in [0.29, 0.717) is 24.0 Å². The van der Waals surface area contributed by atoms with E-state index in [1.807, 2.05) is 37.3 Å². The number of quaternary nitrogens is 1. The lowest BCUT2D eigenvalue weighted by Crippen LogP contribution is -3.13. The second-order valence-electron chi connectivity index (χ2n) is 5.99. The minimum absolute atomic E-state index is 0.0385. The number of hydrogen-bond donors (Lipinski definition) is 1. The van der Waals surface area contributed by atoms with Gasteiger partial charge in [0.1, 0.15) is 5.92 Å². The Morgan fingerprint density at radius 2 is 2.25 bits per heavy atom. The van der Waals surface area contributed by atoms with E-state index in [1.165, 1.54) is 4.90 Å². The Hall–Kier alpha value is -1.99. The molecule has 1 saturated heterocycles. The third-order valence-electron chi connectivity index (χ3n) is 4.24. The molecule has 2 heterocycles. The standard InChI is InChI=1S/C17H21N3O3S/c1-2-22-16(21)14-9-6-10-19(11-14)12-20-17(24)23-15(18-20)13-7-4-3-5-8-13/h3-5,7-8,14H,2,6,9-12H2,1H3/p+1/t14-/m1/s1. The van der Waals surface area contributed by atoms with Crippen LogP contribution >= 0.6 is 12.2 Å². The maximum Gasteiger partial charge on any atom is 0.314 e. The first-order chi connectivity index (χ1) is 11.7. The van der Waals surface area contributed by atoms with Crippen LogP contribution in [0.4, 0.5) is 0 Å². The van der Waals surface area contributed by atoms with E-state index in [0.717, 1.165) is 31.5 Å². The smallest absolute Gasteiger partial charge is 0.314 e. The van der Waals surface area contributed by atoms with Crippen LogP contribution in [0.25, 0.3) is 11.5 Å². The predicted molar refractivity (Wildman–Crippen MR) is 90.8 cm³/mol. The summed E-state index contributed by atoms with van der Waals surface area (Å²) in [6.07, 6.45) is 1.89. The number of esters is 1. The second kappa shape index (κ2) is 7.72. The lowest BCUT2D eigenvalue weighted by molar-refractivity contribution is -0.930. The molecule has 0 spiro atoms. The lowest BCUT2D eigenvalue weighted by atomic mass is 9.99. The first-order valence-electron chi connectivity index (χ1n) is 8.31. The lowest BCUT2D eigenvalue weighted by Gasteiger charge is -2.28. The van der Waals surface area contributed by atoms with E-state index in [4.69, 9.17) is 21.4 Å². The molecule has 1 aliphatic rings. The molecule has 1 aromatic carbocycles. The highest BCUT2D eigenvalue weighted by atomic mass is 32.1. The fourth-order valence-electron chi connectivity index (χ4n) is 3.07. The fraction of sp³-hybridized carbons (Fsp3) is 0.471. The number of aromatic nitrogens is 2. The Kier molecular flexibility index (Phi) is 5.42. The van der Waals surface area contributed by atoms with E-state index in [2.05, 4.69) is 5.10 Å². The van der Waals surface area contributed by atoms with E-state index in [1.54, 1.807) is 4.68 Å². The van der Waals surface area contributed by atoms with E-state index < -0.39 is 0 Å². The summed E-state index contributed by atoms with van der Waals surface area (Å²) in [7, 11) is 0. The van der Waals surface area contributed by atoms with Gasteiger partial charge in [0.15, 0.2) is 6.67 Å². The third-order valence-corrected chi connectivity index (χ3v) is 4.53. The Balaban J connectivity index is 1.69. The highest BCUT2D eigenvalue weighted by Gasteiger charge is 2.30. The number of benzene rings is 1. The van der Waals surface area contributed by atoms with Crippen molar-refractivity contribution in [2.24, 2.45) is 5.92 Å². The summed E-state index contributed by atoms with van der Waals surface area (Å²) in [6.45, 7) is 4.61. The highest BCUT2D eigenvalue weighted by molar-refractivity contribution is 7.71. The molecule has 128 valence electrons. The molecule has 1 fully saturated rings. The third kappa shape index (κ3) is 3.91. The molecule has 2 aromatic rings. The Morgan fingerprint density at radius 1 is 1.46 bits per heavy atom. The minimum Gasteiger partial charge on any atom is -0.466 e. The van der Waals surface area contributed by atoms with Gasteiger partial charge >= 0.3 is 5.97 Å². The van der Waals surface area contributed by atoms with Crippen LogP contribution < -0.4 is 4.90 Å². The van der Waals surface area contributed by atoms with Crippen molar-refractivity contribution >= 4 is 18.2 Å². The SMILES string of the molecule is CCOC(=O)[C@@H]1CCC[NH+](Cn2nc(-c3ccccc3)oc2=S)C1. The number of piperidine rings is 1. The zero-order valence-corrected chi connectivity index (χ0v) is 14.6. The van der Waals surface area contributed by atoms with Crippen LogP contribution in [-0.2, 0) is 16.2 Å². The predicted octanol–water partition coefficient (Wildman–Crippen LogP) is 1.69. The van der Waals surface area contributed by atoms with Gasteiger partial charge in [0.05, 0.1) is 19.7 Å². The molecule has 1 aliphatic heterocycles. The van der Waals surface area contributed by atoms with E-state index >= 15 is 0 Å². The van der Waals surface area contributed by atoms with Crippen LogP contribution in [0.2, 0.25) is 0 Å². The fourth-order valence-corrected chi connectivity index (χ4v) is 3.26. The number of ether oxygens (including phenoxy) is 1. The quantitative estimate of drug-likeness (QED) is 0.658. The summed E-state index contributed by atoms with van der Waals surface area (Å²) in [4.78, 5) is 13.6. The summed E-state index contributed by atoms with van der Waals surface area (Å²) in [5.74, 6) is 0.394. The Morgan fingerprint density at radius 3 is 3.00 bits per heavy atom. The summed E-state index contributed by atoms with van der Waals surface area (Å²) < 4.78 is 12.5. The van der Waals surface area contributed by atoms with Crippen LogP contribution in [0.15, 0.2) is 34.7 Å². The second-order valence-corrected chi connectivity index (χ2v) is 6.34. The monoisotopic (exact) mass is 348 g/mol. The molecule has 2 atom stereocenters. The normalized spacial score (nSPS) is 20.7. The van der Waals surface area contributed by atoms with Gasteiger partial charge in [0, 0.05) is 5.56 Å². The van der Waals surface area contributed by atoms with Crippen molar-refractivity contribution in [3.8, 4) is 11.5 Å². The maximum absolute atomic E-state index is 12.0. The van der Waals surface area contributed by atoms with Gasteiger partial charge in [-0.05, 0) is 44.1 Å². The van der Waals surface area contributed by atoms with Gasteiger partial charge in [-0.3, -0.25) is 4.79 Å². The molecular formula is C17H22N3O3S+. The minimum atomic E-state index is -0.0941. The van der Waals surface area contributed by atoms with Gasteiger partial charge in [-0.1, -0.05) is 18.2 Å². The van der Waals surface area contributed by atoms with Gasteiger partial charge in [-0.15, -0.1) is 5.10 Å². The first kappa shape index (κ1) is 16.9. The zero-order valence-electron chi connectivity index (χ0n) is 13.7. The Labute approximate surface area is 146 Å². The molecule has 0 bridgehead atoms. The first-order valence-corrected chi connectivity index (χ1v) is 8.71. The molecule has 0 aliphatic carbocycles. The molecule has 3 rings (SSSR count). The van der Waals surface area contributed by atoms with Gasteiger partial charge in [-0.25, -0.2) is 0 Å². The van der Waals surface area contributed by atoms with Crippen molar-refractivity contribution in [1.82, 2.24) is 9.78 Å². The number of carbonyl (C=O) groups is 1. The molecule has 6 nitrogen and oxygen atoms in total. The van der Waals surface area contributed by atoms with Gasteiger partial charge in [-0.2, -0.15) is 4.68 Å². The molecule has 0 saturated carbocycles. The van der Waals surface area contributed by atoms with Crippen LogP contribution in [0.5, 0.6) is 0 Å². The summed E-state index contributed by atoms with van der Waals surface area (Å²) >= 11 is 5.29. The molecule has 1 N–H and O–H groups in total. The number of carbonyl (C=O) groups excluding carboxylic acids is 1. The average molecular weight is 348 g/mol. The van der Waals surface area contributed by atoms with Crippen molar-refractivity contribution in [2.45, 2.75) is 26.4 Å².